The lowest BCUT2D eigenvalue weighted by Gasteiger charge is -2.25. The SMILES string of the molecule is COc1cccc(/C(O)=C2/C(=O)C(=O)N(CCc3ccc(F)cc3)C2c2ccncc2)c1. The maximum absolute atomic E-state index is 13.2. The van der Waals surface area contributed by atoms with Crippen molar-refractivity contribution in [2.45, 2.75) is 12.5 Å². The number of ether oxygens (including phenoxy) is 1. The van der Waals surface area contributed by atoms with Crippen molar-refractivity contribution in [3.63, 3.8) is 0 Å². The summed E-state index contributed by atoms with van der Waals surface area (Å²) in [4.78, 5) is 31.4. The number of hydrogen-bond acceptors (Lipinski definition) is 5. The van der Waals surface area contributed by atoms with Crippen LogP contribution in [0.15, 0.2) is 78.6 Å². The van der Waals surface area contributed by atoms with E-state index in [9.17, 15) is 19.1 Å². The first-order valence-electron chi connectivity index (χ1n) is 10.1. The second-order valence-corrected chi connectivity index (χ2v) is 7.38. The summed E-state index contributed by atoms with van der Waals surface area (Å²) in [7, 11) is 1.50. The molecule has 2 heterocycles. The van der Waals surface area contributed by atoms with Gasteiger partial charge in [-0.25, -0.2) is 4.39 Å². The minimum atomic E-state index is -0.773. The molecule has 1 N–H and O–H groups in total. The van der Waals surface area contributed by atoms with E-state index in [-0.39, 0.29) is 23.7 Å². The first-order valence-corrected chi connectivity index (χ1v) is 10.1. The van der Waals surface area contributed by atoms with Crippen LogP contribution in [-0.4, -0.2) is 40.3 Å². The molecule has 0 saturated carbocycles. The van der Waals surface area contributed by atoms with Gasteiger partial charge in [-0.05, 0) is 53.9 Å². The van der Waals surface area contributed by atoms with Gasteiger partial charge in [0, 0.05) is 24.5 Å². The van der Waals surface area contributed by atoms with Crippen LogP contribution in [0.2, 0.25) is 0 Å². The minimum absolute atomic E-state index is 0.00793. The molecular weight excluding hydrogens is 411 g/mol. The molecule has 0 spiro atoms. The monoisotopic (exact) mass is 432 g/mol. The van der Waals surface area contributed by atoms with Crippen LogP contribution in [0.3, 0.4) is 0 Å². The molecule has 1 aliphatic heterocycles. The van der Waals surface area contributed by atoms with Crippen molar-refractivity contribution in [1.82, 2.24) is 9.88 Å². The standard InChI is InChI=1S/C25H21FN2O4/c1-32-20-4-2-3-18(15-20)23(29)21-22(17-9-12-27-13-10-17)28(25(31)24(21)30)14-11-16-5-7-19(26)8-6-16/h2-10,12-13,15,22,29H,11,14H2,1H3/b23-21-. The lowest BCUT2D eigenvalue weighted by Crippen LogP contribution is -2.31. The summed E-state index contributed by atoms with van der Waals surface area (Å²) in [6.45, 7) is 0.220. The number of carbonyl (C=O) groups is 2. The molecule has 1 saturated heterocycles. The number of carbonyl (C=O) groups excluding carboxylic acids is 2. The van der Waals surface area contributed by atoms with Crippen molar-refractivity contribution in [3.8, 4) is 5.75 Å². The lowest BCUT2D eigenvalue weighted by atomic mass is 9.95. The number of ketones is 1. The van der Waals surface area contributed by atoms with Gasteiger partial charge in [-0.3, -0.25) is 14.6 Å². The van der Waals surface area contributed by atoms with Crippen LogP contribution < -0.4 is 4.74 Å². The quantitative estimate of drug-likeness (QED) is 0.363. The molecule has 3 aromatic rings. The third-order valence-electron chi connectivity index (χ3n) is 5.46. The van der Waals surface area contributed by atoms with Gasteiger partial charge in [-0.1, -0.05) is 24.3 Å². The van der Waals surface area contributed by atoms with Gasteiger partial charge in [0.05, 0.1) is 18.7 Å². The van der Waals surface area contributed by atoms with Crippen molar-refractivity contribution in [2.75, 3.05) is 13.7 Å². The van der Waals surface area contributed by atoms with E-state index < -0.39 is 17.7 Å². The summed E-state index contributed by atoms with van der Waals surface area (Å²) in [5.74, 6) is -1.55. The number of pyridine rings is 1. The highest BCUT2D eigenvalue weighted by atomic mass is 19.1. The zero-order chi connectivity index (χ0) is 22.7. The highest BCUT2D eigenvalue weighted by Crippen LogP contribution is 2.39. The van der Waals surface area contributed by atoms with Gasteiger partial charge >= 0.3 is 0 Å². The number of aliphatic hydroxyl groups excluding tert-OH is 1. The molecule has 0 bridgehead atoms. The Labute approximate surface area is 184 Å². The fraction of sp³-hybridized carbons (Fsp3) is 0.160. The van der Waals surface area contributed by atoms with Crippen LogP contribution in [0.5, 0.6) is 5.75 Å². The number of aromatic nitrogens is 1. The highest BCUT2D eigenvalue weighted by molar-refractivity contribution is 6.46. The average molecular weight is 432 g/mol. The van der Waals surface area contributed by atoms with E-state index in [0.717, 1.165) is 5.56 Å². The van der Waals surface area contributed by atoms with E-state index in [1.165, 1.54) is 24.1 Å². The number of aliphatic hydroxyl groups is 1. The van der Waals surface area contributed by atoms with Crippen molar-refractivity contribution < 1.29 is 23.8 Å². The number of hydrogen-bond donors (Lipinski definition) is 1. The smallest absolute Gasteiger partial charge is 0.295 e. The third kappa shape index (κ3) is 4.09. The third-order valence-corrected chi connectivity index (χ3v) is 5.46. The maximum atomic E-state index is 13.2. The zero-order valence-electron chi connectivity index (χ0n) is 17.4. The summed E-state index contributed by atoms with van der Waals surface area (Å²) in [6, 6.07) is 15.3. The van der Waals surface area contributed by atoms with Gasteiger partial charge in [0.1, 0.15) is 17.3 Å². The molecule has 7 heteroatoms. The molecular formula is C25H21FN2O4. The van der Waals surface area contributed by atoms with E-state index in [4.69, 9.17) is 4.74 Å². The molecule has 1 unspecified atom stereocenters. The van der Waals surface area contributed by atoms with Crippen LogP contribution in [-0.2, 0) is 16.0 Å². The zero-order valence-corrected chi connectivity index (χ0v) is 17.4. The normalized spacial score (nSPS) is 17.6. The van der Waals surface area contributed by atoms with Crippen molar-refractivity contribution in [3.05, 3.63) is 101 Å². The largest absolute Gasteiger partial charge is 0.507 e. The van der Waals surface area contributed by atoms with Crippen molar-refractivity contribution in [1.29, 1.82) is 0 Å². The lowest BCUT2D eigenvalue weighted by molar-refractivity contribution is -0.139. The Balaban J connectivity index is 1.76. The second-order valence-electron chi connectivity index (χ2n) is 7.38. The fourth-order valence-corrected chi connectivity index (χ4v) is 3.83. The highest BCUT2D eigenvalue weighted by Gasteiger charge is 2.45. The predicted molar refractivity (Wildman–Crippen MR) is 116 cm³/mol. The van der Waals surface area contributed by atoms with E-state index in [0.29, 0.717) is 23.3 Å². The second kappa shape index (κ2) is 9.01. The predicted octanol–water partition coefficient (Wildman–Crippen LogP) is 3.89. The molecule has 1 atom stereocenters. The summed E-state index contributed by atoms with van der Waals surface area (Å²) in [5, 5.41) is 11.1. The summed E-state index contributed by atoms with van der Waals surface area (Å²) in [6.07, 6.45) is 3.57. The van der Waals surface area contributed by atoms with Gasteiger partial charge in [0.15, 0.2) is 0 Å². The van der Waals surface area contributed by atoms with Gasteiger partial charge in [0.2, 0.25) is 0 Å². The van der Waals surface area contributed by atoms with E-state index >= 15 is 0 Å². The van der Waals surface area contributed by atoms with E-state index in [2.05, 4.69) is 4.98 Å². The van der Waals surface area contributed by atoms with Gasteiger partial charge in [-0.15, -0.1) is 0 Å². The number of amides is 1. The van der Waals surface area contributed by atoms with E-state index in [1.807, 2.05) is 0 Å². The number of nitrogens with zero attached hydrogens (tertiary/aromatic N) is 2. The Morgan fingerprint density at radius 3 is 2.50 bits per heavy atom. The Kier molecular flexibility index (Phi) is 5.98. The van der Waals surface area contributed by atoms with Crippen LogP contribution >= 0.6 is 0 Å². The Morgan fingerprint density at radius 1 is 1.09 bits per heavy atom. The maximum Gasteiger partial charge on any atom is 0.295 e. The van der Waals surface area contributed by atoms with Crippen LogP contribution in [0.25, 0.3) is 5.76 Å². The Hall–Kier alpha value is -4.00. The van der Waals surface area contributed by atoms with Gasteiger partial charge in [0.25, 0.3) is 11.7 Å². The van der Waals surface area contributed by atoms with Gasteiger partial charge in [-0.2, -0.15) is 0 Å². The summed E-state index contributed by atoms with van der Waals surface area (Å²) in [5.41, 5.74) is 1.87. The Bertz CT molecular complexity index is 1180. The molecule has 1 aliphatic rings. The van der Waals surface area contributed by atoms with E-state index in [1.54, 1.807) is 60.9 Å². The molecule has 4 rings (SSSR count). The molecule has 2 aromatic carbocycles. The topological polar surface area (TPSA) is 79.7 Å². The number of Topliss-reactive ketones (excluding diaryl/α,β-unsaturated/α-hetero) is 1. The van der Waals surface area contributed by atoms with Gasteiger partial charge < -0.3 is 14.7 Å². The first kappa shape index (κ1) is 21.2. The molecule has 1 aromatic heterocycles. The number of benzene rings is 2. The molecule has 6 nitrogen and oxygen atoms in total. The number of likely N-dealkylation sites (tertiary alicyclic amines) is 1. The first-order chi connectivity index (χ1) is 15.5. The van der Waals surface area contributed by atoms with Crippen LogP contribution in [0, 0.1) is 5.82 Å². The fourth-order valence-electron chi connectivity index (χ4n) is 3.83. The molecule has 0 radical (unpaired) electrons. The molecule has 32 heavy (non-hydrogen) atoms. The molecule has 1 fully saturated rings. The molecule has 162 valence electrons. The van der Waals surface area contributed by atoms with Crippen LogP contribution in [0.1, 0.15) is 22.7 Å². The average Bonchev–Trinajstić information content (AvgIpc) is 3.08. The number of rotatable bonds is 6. The number of methoxy groups -OCH3 is 1. The number of halogens is 1. The Morgan fingerprint density at radius 2 is 1.81 bits per heavy atom. The summed E-state index contributed by atoms with van der Waals surface area (Å²) < 4.78 is 18.4. The minimum Gasteiger partial charge on any atom is -0.507 e. The van der Waals surface area contributed by atoms with Crippen molar-refractivity contribution in [2.24, 2.45) is 0 Å². The van der Waals surface area contributed by atoms with Crippen molar-refractivity contribution >= 4 is 17.4 Å². The summed E-state index contributed by atoms with van der Waals surface area (Å²) >= 11 is 0. The van der Waals surface area contributed by atoms with Crippen LogP contribution in [0.4, 0.5) is 4.39 Å². The molecule has 0 aliphatic carbocycles. The molecule has 1 amide bonds.